The smallest absolute Gasteiger partial charge is 0.214 e. The summed E-state index contributed by atoms with van der Waals surface area (Å²) in [5, 5.41) is 0. The largest absolute Gasteiger partial charge is 0.317 e. The Kier molecular flexibility index (Phi) is 1.07. The van der Waals surface area contributed by atoms with Crippen LogP contribution in [0.25, 0.3) is 0 Å². The van der Waals surface area contributed by atoms with Crippen LogP contribution in [0.2, 0.25) is 0 Å². The maximum atomic E-state index is 4.70. The molecule has 0 aliphatic carbocycles. The fourth-order valence-corrected chi connectivity index (χ4v) is 0.413. The molecule has 0 bridgehead atoms. The van der Waals surface area contributed by atoms with Crippen LogP contribution >= 0.6 is 22.6 Å². The normalized spacial score (nSPS) is 25.8. The van der Waals surface area contributed by atoms with Gasteiger partial charge in [0.1, 0.15) is 0 Å². The molecule has 1 aliphatic heterocycles. The lowest BCUT2D eigenvalue weighted by molar-refractivity contribution is -0.261. The lowest BCUT2D eigenvalue weighted by Crippen LogP contribution is -2.23. The number of hydrogen-bond acceptors (Lipinski definition) is 2. The van der Waals surface area contributed by atoms with Crippen molar-refractivity contribution in [3.8, 4) is 0 Å². The molecule has 0 amide bonds. The molecule has 3 heteroatoms. The molecule has 2 nitrogen and oxygen atoms in total. The minimum Gasteiger partial charge on any atom is -0.317 e. The highest BCUT2D eigenvalue weighted by molar-refractivity contribution is 14.1. The average molecular weight is 186 g/mol. The lowest BCUT2D eigenvalue weighted by Gasteiger charge is -2.19. The van der Waals surface area contributed by atoms with Crippen LogP contribution in [0.3, 0.4) is 0 Å². The molecule has 30 valence electrons. The van der Waals surface area contributed by atoms with Crippen LogP contribution < -0.4 is 0 Å². The summed E-state index contributed by atoms with van der Waals surface area (Å²) in [5.41, 5.74) is 0. The van der Waals surface area contributed by atoms with Gasteiger partial charge in [-0.05, 0) is 22.6 Å². The van der Waals surface area contributed by atoms with Crippen molar-refractivity contribution >= 4 is 22.6 Å². The molecule has 0 saturated carbocycles. The quantitative estimate of drug-likeness (QED) is 0.409. The molecule has 0 atom stereocenters. The Labute approximate surface area is 43.6 Å². The van der Waals surface area contributed by atoms with Gasteiger partial charge in [0.05, 0.1) is 0 Å². The zero-order valence-electron chi connectivity index (χ0n) is 2.48. The van der Waals surface area contributed by atoms with Crippen molar-refractivity contribution in [3.63, 3.8) is 0 Å². The lowest BCUT2D eigenvalue weighted by atomic mass is 11.2. The minimum absolute atomic E-state index is 0.0348. The Morgan fingerprint density at radius 2 is 2.00 bits per heavy atom. The van der Waals surface area contributed by atoms with E-state index in [1.165, 1.54) is 0 Å². The predicted octanol–water partition coefficient (Wildman–Crippen LogP) is 0.709. The van der Waals surface area contributed by atoms with Gasteiger partial charge in [0, 0.05) is 0 Å². The Hall–Kier alpha value is 0.650. The Morgan fingerprint density at radius 3 is 2.00 bits per heavy atom. The maximum Gasteiger partial charge on any atom is 0.214 e. The SMILES string of the molecule is IC1OCO1. The van der Waals surface area contributed by atoms with Crippen LogP contribution in [0.1, 0.15) is 0 Å². The van der Waals surface area contributed by atoms with Crippen LogP contribution in [-0.4, -0.2) is 11.1 Å². The summed E-state index contributed by atoms with van der Waals surface area (Å²) in [7, 11) is 0. The summed E-state index contributed by atoms with van der Waals surface area (Å²) in [4.78, 5) is 0. The van der Waals surface area contributed by atoms with E-state index in [4.69, 9.17) is 9.47 Å². The van der Waals surface area contributed by atoms with Crippen LogP contribution in [-0.2, 0) is 9.47 Å². The molecule has 1 fully saturated rings. The number of rotatable bonds is 0. The third-order valence-electron chi connectivity index (χ3n) is 0.398. The molecule has 5 heavy (non-hydrogen) atoms. The molecule has 0 radical (unpaired) electrons. The molecule has 0 spiro atoms. The first kappa shape index (κ1) is 3.83. The zero-order valence-corrected chi connectivity index (χ0v) is 4.64. The number of halogens is 1. The number of hydrogen-bond donors (Lipinski definition) is 0. The summed E-state index contributed by atoms with van der Waals surface area (Å²) in [5.74, 6) is 0. The van der Waals surface area contributed by atoms with Gasteiger partial charge in [-0.1, -0.05) is 0 Å². The van der Waals surface area contributed by atoms with E-state index in [-0.39, 0.29) is 4.30 Å². The van der Waals surface area contributed by atoms with E-state index in [0.29, 0.717) is 6.79 Å². The fraction of sp³-hybridized carbons (Fsp3) is 1.00. The van der Waals surface area contributed by atoms with E-state index in [1.807, 2.05) is 22.6 Å². The van der Waals surface area contributed by atoms with Crippen molar-refractivity contribution in [1.29, 1.82) is 0 Å². The maximum absolute atomic E-state index is 4.70. The van der Waals surface area contributed by atoms with E-state index < -0.39 is 0 Å². The molecule has 1 aliphatic rings. The van der Waals surface area contributed by atoms with E-state index in [1.54, 1.807) is 0 Å². The Morgan fingerprint density at radius 1 is 1.60 bits per heavy atom. The average Bonchev–Trinajstić information content (AvgIpc) is 1.30. The van der Waals surface area contributed by atoms with Crippen molar-refractivity contribution in [2.75, 3.05) is 6.79 Å². The summed E-state index contributed by atoms with van der Waals surface area (Å²) < 4.78 is 9.42. The summed E-state index contributed by atoms with van der Waals surface area (Å²) in [6.45, 7) is 0.480. The van der Waals surface area contributed by atoms with Gasteiger partial charge in [0.15, 0.2) is 6.79 Å². The van der Waals surface area contributed by atoms with Gasteiger partial charge in [-0.3, -0.25) is 0 Å². The highest BCUT2D eigenvalue weighted by Crippen LogP contribution is 2.12. The molecular weight excluding hydrogens is 183 g/mol. The molecule has 0 aromatic rings. The monoisotopic (exact) mass is 186 g/mol. The molecule has 1 saturated heterocycles. The Bertz CT molecular complexity index is 34.6. The van der Waals surface area contributed by atoms with E-state index >= 15 is 0 Å². The van der Waals surface area contributed by atoms with Crippen LogP contribution in [0, 0.1) is 0 Å². The third-order valence-corrected chi connectivity index (χ3v) is 1.12. The second-order valence-corrected chi connectivity index (χ2v) is 1.74. The first-order chi connectivity index (χ1) is 2.39. The molecule has 0 N–H and O–H groups in total. The van der Waals surface area contributed by atoms with Crippen molar-refractivity contribution in [1.82, 2.24) is 0 Å². The minimum atomic E-state index is 0.0348. The second kappa shape index (κ2) is 1.40. The van der Waals surface area contributed by atoms with E-state index in [9.17, 15) is 0 Å². The third kappa shape index (κ3) is 0.738. The first-order valence-corrected chi connectivity index (χ1v) is 2.51. The van der Waals surface area contributed by atoms with E-state index in [0.717, 1.165) is 0 Å². The predicted molar refractivity (Wildman–Crippen MR) is 24.8 cm³/mol. The van der Waals surface area contributed by atoms with Gasteiger partial charge in [-0.15, -0.1) is 0 Å². The van der Waals surface area contributed by atoms with Gasteiger partial charge in [0.2, 0.25) is 4.30 Å². The van der Waals surface area contributed by atoms with Gasteiger partial charge < -0.3 is 9.47 Å². The number of alkyl halides is 1. The summed E-state index contributed by atoms with van der Waals surface area (Å²) >= 11 is 2.05. The van der Waals surface area contributed by atoms with Crippen LogP contribution in [0.15, 0.2) is 0 Å². The molecule has 0 unspecified atom stereocenters. The van der Waals surface area contributed by atoms with Gasteiger partial charge in [-0.2, -0.15) is 0 Å². The van der Waals surface area contributed by atoms with Crippen molar-refractivity contribution < 1.29 is 9.47 Å². The molecular formula is C2H3IO2. The zero-order chi connectivity index (χ0) is 3.70. The summed E-state index contributed by atoms with van der Waals surface area (Å²) in [6.07, 6.45) is 0. The topological polar surface area (TPSA) is 18.5 Å². The van der Waals surface area contributed by atoms with Crippen LogP contribution in [0.5, 0.6) is 0 Å². The van der Waals surface area contributed by atoms with Crippen molar-refractivity contribution in [3.05, 3.63) is 0 Å². The first-order valence-electron chi connectivity index (χ1n) is 1.27. The standard InChI is InChI=1S/C2H3IO2/c3-2-4-1-5-2/h2H,1H2. The number of ether oxygens (including phenoxy) is 2. The van der Waals surface area contributed by atoms with Crippen molar-refractivity contribution in [2.24, 2.45) is 0 Å². The summed E-state index contributed by atoms with van der Waals surface area (Å²) in [6, 6.07) is 0. The van der Waals surface area contributed by atoms with Gasteiger partial charge in [-0.25, -0.2) is 0 Å². The highest BCUT2D eigenvalue weighted by atomic mass is 127. The van der Waals surface area contributed by atoms with Crippen molar-refractivity contribution in [2.45, 2.75) is 4.30 Å². The van der Waals surface area contributed by atoms with Gasteiger partial charge >= 0.3 is 0 Å². The van der Waals surface area contributed by atoms with E-state index in [2.05, 4.69) is 0 Å². The molecule has 1 heterocycles. The molecule has 1 rings (SSSR count). The highest BCUT2D eigenvalue weighted by Gasteiger charge is 2.11. The van der Waals surface area contributed by atoms with Crippen LogP contribution in [0.4, 0.5) is 0 Å². The van der Waals surface area contributed by atoms with Gasteiger partial charge in [0.25, 0.3) is 0 Å². The second-order valence-electron chi connectivity index (χ2n) is 0.726. The molecule has 0 aromatic carbocycles. The Balaban J connectivity index is 2.08. The fourth-order valence-electron chi connectivity index (χ4n) is 0.119. The molecule has 0 aromatic heterocycles.